The van der Waals surface area contributed by atoms with E-state index in [-0.39, 0.29) is 17.4 Å². The summed E-state index contributed by atoms with van der Waals surface area (Å²) in [6, 6.07) is 3.97. The van der Waals surface area contributed by atoms with Crippen LogP contribution in [0.5, 0.6) is 5.75 Å². The summed E-state index contributed by atoms with van der Waals surface area (Å²) in [4.78, 5) is 10.7. The lowest BCUT2D eigenvalue weighted by molar-refractivity contribution is -0.186. The van der Waals surface area contributed by atoms with Crippen molar-refractivity contribution < 1.29 is 18.7 Å². The quantitative estimate of drug-likeness (QED) is 0.760. The van der Waals surface area contributed by atoms with Crippen LogP contribution in [0.25, 0.3) is 0 Å². The maximum atomic E-state index is 10.7. The molecule has 0 heterocycles. The minimum atomic E-state index is -2.85. The molecule has 0 fully saturated rings. The summed E-state index contributed by atoms with van der Waals surface area (Å²) in [5.41, 5.74) is 2.76. The number of ether oxygens (including phenoxy) is 1. The van der Waals surface area contributed by atoms with E-state index in [1.54, 1.807) is 0 Å². The summed E-state index contributed by atoms with van der Waals surface area (Å²) in [5.74, 6) is 0.901. The Morgan fingerprint density at radius 2 is 1.50 bits per heavy atom. The molecule has 0 bridgehead atoms. The van der Waals surface area contributed by atoms with E-state index >= 15 is 0 Å². The molecule has 0 aliphatic rings. The summed E-state index contributed by atoms with van der Waals surface area (Å²) < 4.78 is 21.4. The minimum absolute atomic E-state index is 0.0528. The molecule has 4 nitrogen and oxygen atoms in total. The summed E-state index contributed by atoms with van der Waals surface area (Å²) in [6.07, 6.45) is 0. The van der Waals surface area contributed by atoms with Gasteiger partial charge in [-0.25, -0.2) is 0 Å². The van der Waals surface area contributed by atoms with Gasteiger partial charge in [0.15, 0.2) is 0 Å². The van der Waals surface area contributed by atoms with Crippen LogP contribution >= 0.6 is 8.25 Å². The lowest BCUT2D eigenvalue weighted by Crippen LogP contribution is -2.20. The Morgan fingerprint density at radius 1 is 1.05 bits per heavy atom. The van der Waals surface area contributed by atoms with Gasteiger partial charge >= 0.3 is 8.25 Å². The van der Waals surface area contributed by atoms with E-state index in [1.165, 1.54) is 0 Å². The molecule has 1 rings (SSSR count). The first-order valence-corrected chi connectivity index (χ1v) is 8.64. The first kappa shape index (κ1) is 19.1. The molecule has 1 aromatic carbocycles. The molecule has 0 aliphatic heterocycles. The van der Waals surface area contributed by atoms with Gasteiger partial charge < -0.3 is 9.63 Å². The maximum absolute atomic E-state index is 10.7. The van der Waals surface area contributed by atoms with Gasteiger partial charge in [0.2, 0.25) is 0 Å². The van der Waals surface area contributed by atoms with Gasteiger partial charge in [-0.1, -0.05) is 41.5 Å². The number of hydrogen-bond donors (Lipinski definition) is 0. The van der Waals surface area contributed by atoms with Gasteiger partial charge in [-0.2, -0.15) is 0 Å². The number of rotatable bonds is 5. The highest BCUT2D eigenvalue weighted by molar-refractivity contribution is 7.30. The molecule has 0 saturated carbocycles. The van der Waals surface area contributed by atoms with Gasteiger partial charge in [-0.05, 0) is 40.0 Å². The van der Waals surface area contributed by atoms with Crippen molar-refractivity contribution in [3.63, 3.8) is 0 Å². The van der Waals surface area contributed by atoms with Crippen LogP contribution in [0.4, 0.5) is 0 Å². The average Bonchev–Trinajstić information content (AvgIpc) is 2.34. The predicted octanol–water partition coefficient (Wildman–Crippen LogP) is 4.21. The molecule has 0 aromatic heterocycles. The van der Waals surface area contributed by atoms with Crippen molar-refractivity contribution in [2.24, 2.45) is 0 Å². The molecule has 5 heteroatoms. The Bertz CT molecular complexity index is 504. The molecule has 1 aromatic rings. The van der Waals surface area contributed by atoms with Crippen molar-refractivity contribution >= 4 is 8.25 Å². The van der Waals surface area contributed by atoms with Crippen LogP contribution in [0.15, 0.2) is 12.1 Å². The van der Waals surface area contributed by atoms with Crippen LogP contribution in [0.2, 0.25) is 0 Å². The van der Waals surface area contributed by atoms with E-state index in [9.17, 15) is 9.46 Å². The van der Waals surface area contributed by atoms with Gasteiger partial charge in [-0.3, -0.25) is 0 Å². The molecule has 0 spiro atoms. The highest BCUT2D eigenvalue weighted by Gasteiger charge is 2.28. The fourth-order valence-electron chi connectivity index (χ4n) is 2.31. The molecule has 124 valence electrons. The van der Waals surface area contributed by atoms with Crippen molar-refractivity contribution in [3.05, 3.63) is 28.8 Å². The van der Waals surface area contributed by atoms with E-state index in [2.05, 4.69) is 41.5 Å². The highest BCUT2D eigenvalue weighted by atomic mass is 31.1. The largest absolute Gasteiger partial charge is 0.566 e. The monoisotopic (exact) mass is 326 g/mol. The topological polar surface area (TPSA) is 58.6 Å². The van der Waals surface area contributed by atoms with Gasteiger partial charge in [0, 0.05) is 11.1 Å². The zero-order valence-electron chi connectivity index (χ0n) is 14.6. The summed E-state index contributed by atoms with van der Waals surface area (Å²) in [5, 5.41) is 0. The molecule has 0 amide bonds. The van der Waals surface area contributed by atoms with Crippen LogP contribution in [0, 0.1) is 0 Å². The van der Waals surface area contributed by atoms with Crippen molar-refractivity contribution in [2.45, 2.75) is 65.9 Å². The van der Waals surface area contributed by atoms with Crippen LogP contribution in [0.3, 0.4) is 0 Å². The molecule has 0 N–H and O–H groups in total. The molecular weight excluding hydrogens is 299 g/mol. The fourth-order valence-corrected chi connectivity index (χ4v) is 2.57. The second-order valence-electron chi connectivity index (χ2n) is 7.45. The number of hydrogen-bond acceptors (Lipinski definition) is 4. The van der Waals surface area contributed by atoms with Gasteiger partial charge in [0.1, 0.15) is 12.4 Å². The Labute approximate surface area is 134 Å². The maximum Gasteiger partial charge on any atom is 0.488 e. The molecule has 1 atom stereocenters. The summed E-state index contributed by atoms with van der Waals surface area (Å²) >= 11 is 0. The molecule has 0 radical (unpaired) electrons. The molecule has 22 heavy (non-hydrogen) atoms. The summed E-state index contributed by atoms with van der Waals surface area (Å²) in [7, 11) is -2.85. The van der Waals surface area contributed by atoms with E-state index in [1.807, 2.05) is 19.1 Å². The molecular formula is C17H27O4P. The highest BCUT2D eigenvalue weighted by Crippen LogP contribution is 2.41. The van der Waals surface area contributed by atoms with Crippen LogP contribution in [0.1, 0.15) is 65.2 Å². The lowest BCUT2D eigenvalue weighted by atomic mass is 9.78. The van der Waals surface area contributed by atoms with Gasteiger partial charge in [-0.15, -0.1) is 4.52 Å². The third-order valence-corrected chi connectivity index (χ3v) is 3.73. The Balaban J connectivity index is 3.50. The normalized spacial score (nSPS) is 13.2. The third-order valence-electron chi connectivity index (χ3n) is 3.39. The van der Waals surface area contributed by atoms with E-state index < -0.39 is 8.25 Å². The first-order valence-electron chi connectivity index (χ1n) is 7.54. The Morgan fingerprint density at radius 3 is 1.82 bits per heavy atom. The van der Waals surface area contributed by atoms with Gasteiger partial charge in [0.25, 0.3) is 0 Å². The Kier molecular flexibility index (Phi) is 6.14. The van der Waals surface area contributed by atoms with Crippen LogP contribution in [-0.2, 0) is 26.5 Å². The average molecular weight is 326 g/mol. The van der Waals surface area contributed by atoms with E-state index in [0.29, 0.717) is 6.61 Å². The Hall–Kier alpha value is -0.960. The summed E-state index contributed by atoms with van der Waals surface area (Å²) in [6.45, 7) is 15.3. The van der Waals surface area contributed by atoms with Gasteiger partial charge in [0.05, 0.1) is 6.61 Å². The van der Waals surface area contributed by atoms with Crippen molar-refractivity contribution in [2.75, 3.05) is 6.61 Å². The predicted molar refractivity (Wildman–Crippen MR) is 87.4 cm³/mol. The van der Waals surface area contributed by atoms with E-state index in [0.717, 1.165) is 22.4 Å². The van der Waals surface area contributed by atoms with Crippen LogP contribution < -0.4 is 9.63 Å². The molecule has 1 unspecified atom stereocenters. The lowest BCUT2D eigenvalue weighted by Gasteiger charge is -2.30. The fraction of sp³-hybridized carbons (Fsp3) is 0.647. The standard InChI is InChI=1S/C17H27O4P/c1-8-20-15-13(16(2,3)4)9-12(11-21-22(18)19)10-14(15)17(5,6)7/h9-10H,8,11H2,1-7H3. The van der Waals surface area contributed by atoms with Crippen LogP contribution in [-0.4, -0.2) is 6.61 Å². The first-order chi connectivity index (χ1) is 9.96. The minimum Gasteiger partial charge on any atom is -0.566 e. The SMILES string of the molecule is CCOc1c(C(C)(C)C)cc(CO[P+](=O)[O-])cc1C(C)(C)C. The van der Waals surface area contributed by atoms with E-state index in [4.69, 9.17) is 9.26 Å². The molecule has 0 saturated heterocycles. The second kappa shape index (κ2) is 7.08. The second-order valence-corrected chi connectivity index (χ2v) is 8.16. The van der Waals surface area contributed by atoms with Crippen molar-refractivity contribution in [1.29, 1.82) is 0 Å². The van der Waals surface area contributed by atoms with Crippen molar-refractivity contribution in [3.8, 4) is 5.75 Å². The zero-order chi connectivity index (χ0) is 17.1. The zero-order valence-corrected chi connectivity index (χ0v) is 15.5. The smallest absolute Gasteiger partial charge is 0.488 e. The number of benzene rings is 1. The van der Waals surface area contributed by atoms with Crippen molar-refractivity contribution in [1.82, 2.24) is 0 Å². The molecule has 0 aliphatic carbocycles. The third kappa shape index (κ3) is 5.05.